The SMILES string of the molecule is Cc1cn(CC(O)N(C)C)c([N+](=O)[O-])n1.Cl. The molecule has 0 aliphatic heterocycles. The molecule has 7 nitrogen and oxygen atoms in total. The third-order valence-electron chi connectivity index (χ3n) is 2.00. The van der Waals surface area contributed by atoms with Crippen LogP contribution in [-0.2, 0) is 6.54 Å². The lowest BCUT2D eigenvalue weighted by Crippen LogP contribution is -2.31. The van der Waals surface area contributed by atoms with E-state index in [4.69, 9.17) is 0 Å². The first kappa shape index (κ1) is 14.8. The molecule has 1 aromatic heterocycles. The van der Waals surface area contributed by atoms with E-state index in [1.165, 1.54) is 4.57 Å². The van der Waals surface area contributed by atoms with Gasteiger partial charge in [0.25, 0.3) is 0 Å². The molecule has 0 fully saturated rings. The van der Waals surface area contributed by atoms with Crippen molar-refractivity contribution in [3.8, 4) is 0 Å². The van der Waals surface area contributed by atoms with Crippen molar-refractivity contribution in [3.05, 3.63) is 22.0 Å². The molecule has 0 aliphatic carbocycles. The summed E-state index contributed by atoms with van der Waals surface area (Å²) in [6.07, 6.45) is 0.780. The van der Waals surface area contributed by atoms with Crippen molar-refractivity contribution >= 4 is 18.4 Å². The fourth-order valence-corrected chi connectivity index (χ4v) is 1.15. The van der Waals surface area contributed by atoms with Gasteiger partial charge in [-0.2, -0.15) is 0 Å². The Balaban J connectivity index is 0.00000225. The number of hydrogen-bond acceptors (Lipinski definition) is 5. The van der Waals surface area contributed by atoms with Crippen LogP contribution in [0.15, 0.2) is 6.20 Å². The number of nitrogens with zero attached hydrogens (tertiary/aromatic N) is 4. The normalized spacial score (nSPS) is 12.3. The Labute approximate surface area is 99.3 Å². The Hall–Kier alpha value is -1.18. The molecule has 0 bridgehead atoms. The minimum Gasteiger partial charge on any atom is -0.390 e. The zero-order valence-corrected chi connectivity index (χ0v) is 10.1. The van der Waals surface area contributed by atoms with Gasteiger partial charge in [0.05, 0.1) is 0 Å². The second-order valence-corrected chi connectivity index (χ2v) is 3.54. The molecule has 1 unspecified atom stereocenters. The molecule has 0 saturated carbocycles. The number of rotatable bonds is 4. The molecule has 92 valence electrons. The summed E-state index contributed by atoms with van der Waals surface area (Å²) in [7, 11) is 3.39. The maximum atomic E-state index is 10.6. The molecule has 0 radical (unpaired) electrons. The molecule has 0 aliphatic rings. The summed E-state index contributed by atoms with van der Waals surface area (Å²) in [6.45, 7) is 1.80. The van der Waals surface area contributed by atoms with Crippen molar-refractivity contribution in [2.45, 2.75) is 19.7 Å². The van der Waals surface area contributed by atoms with E-state index >= 15 is 0 Å². The molecule has 1 rings (SSSR count). The Morgan fingerprint density at radius 1 is 1.69 bits per heavy atom. The number of halogens is 1. The van der Waals surface area contributed by atoms with Crippen molar-refractivity contribution in [2.24, 2.45) is 0 Å². The lowest BCUT2D eigenvalue weighted by Gasteiger charge is -2.16. The number of imidazole rings is 1. The van der Waals surface area contributed by atoms with Gasteiger partial charge in [-0.3, -0.25) is 4.90 Å². The van der Waals surface area contributed by atoms with Crippen molar-refractivity contribution < 1.29 is 10.0 Å². The summed E-state index contributed by atoms with van der Waals surface area (Å²) in [5.74, 6) is -0.242. The summed E-state index contributed by atoms with van der Waals surface area (Å²) < 4.78 is 1.33. The van der Waals surface area contributed by atoms with E-state index in [2.05, 4.69) is 4.98 Å². The van der Waals surface area contributed by atoms with Crippen LogP contribution < -0.4 is 0 Å². The van der Waals surface area contributed by atoms with Gasteiger partial charge < -0.3 is 15.2 Å². The van der Waals surface area contributed by atoms with Crippen LogP contribution in [0.3, 0.4) is 0 Å². The molecule has 16 heavy (non-hydrogen) atoms. The van der Waals surface area contributed by atoms with Crippen LogP contribution in [0.5, 0.6) is 0 Å². The zero-order chi connectivity index (χ0) is 11.6. The molecule has 1 aromatic rings. The van der Waals surface area contributed by atoms with Crippen LogP contribution in [0.25, 0.3) is 0 Å². The summed E-state index contributed by atoms with van der Waals surface area (Å²) in [4.78, 5) is 15.4. The third kappa shape index (κ3) is 3.44. The smallest absolute Gasteiger partial charge is 0.390 e. The molecule has 1 atom stereocenters. The molecule has 8 heteroatoms. The Morgan fingerprint density at radius 3 is 2.69 bits per heavy atom. The van der Waals surface area contributed by atoms with Crippen LogP contribution in [0.2, 0.25) is 0 Å². The van der Waals surface area contributed by atoms with Crippen molar-refractivity contribution in [3.63, 3.8) is 0 Å². The zero-order valence-electron chi connectivity index (χ0n) is 9.32. The van der Waals surface area contributed by atoms with E-state index in [1.807, 2.05) is 0 Å². The predicted molar refractivity (Wildman–Crippen MR) is 60.6 cm³/mol. The van der Waals surface area contributed by atoms with Crippen LogP contribution in [0.1, 0.15) is 5.69 Å². The topological polar surface area (TPSA) is 84.4 Å². The highest BCUT2D eigenvalue weighted by molar-refractivity contribution is 5.85. The van der Waals surface area contributed by atoms with Gasteiger partial charge >= 0.3 is 5.95 Å². The van der Waals surface area contributed by atoms with Gasteiger partial charge in [-0.25, -0.2) is 4.57 Å². The second-order valence-electron chi connectivity index (χ2n) is 3.54. The minimum atomic E-state index is -0.766. The second kappa shape index (κ2) is 5.78. The fourth-order valence-electron chi connectivity index (χ4n) is 1.15. The first-order valence-electron chi connectivity index (χ1n) is 4.44. The molecule has 1 N–H and O–H groups in total. The molecule has 0 aromatic carbocycles. The number of aliphatic hydroxyl groups is 1. The van der Waals surface area contributed by atoms with Crippen LogP contribution >= 0.6 is 12.4 Å². The number of aliphatic hydroxyl groups excluding tert-OH is 1. The number of aryl methyl sites for hydroxylation is 1. The fraction of sp³-hybridized carbons (Fsp3) is 0.625. The van der Waals surface area contributed by atoms with Gasteiger partial charge in [0.1, 0.15) is 24.7 Å². The van der Waals surface area contributed by atoms with Crippen molar-refractivity contribution in [1.82, 2.24) is 14.5 Å². The summed E-state index contributed by atoms with van der Waals surface area (Å²) >= 11 is 0. The number of likely N-dealkylation sites (N-methyl/N-ethyl adjacent to an activating group) is 1. The molecule has 0 saturated heterocycles. The van der Waals surface area contributed by atoms with E-state index in [1.54, 1.807) is 32.1 Å². The average molecular weight is 251 g/mol. The maximum Gasteiger partial charge on any atom is 0.434 e. The predicted octanol–water partition coefficient (Wildman–Crippen LogP) is 0.402. The van der Waals surface area contributed by atoms with Gasteiger partial charge in [-0.15, -0.1) is 12.4 Å². The van der Waals surface area contributed by atoms with Crippen molar-refractivity contribution in [1.29, 1.82) is 0 Å². The third-order valence-corrected chi connectivity index (χ3v) is 2.00. The van der Waals surface area contributed by atoms with Gasteiger partial charge in [-0.05, 0) is 25.9 Å². The summed E-state index contributed by atoms with van der Waals surface area (Å²) in [5, 5.41) is 20.2. The summed E-state index contributed by atoms with van der Waals surface area (Å²) in [5.41, 5.74) is 0.563. The highest BCUT2D eigenvalue weighted by atomic mass is 35.5. The van der Waals surface area contributed by atoms with E-state index in [9.17, 15) is 15.2 Å². The highest BCUT2D eigenvalue weighted by Gasteiger charge is 2.20. The molecule has 0 spiro atoms. The standard InChI is InChI=1S/C8H14N4O3.ClH/c1-6-4-11(5-7(13)10(2)3)8(9-6)12(14)15;/h4,7,13H,5H2,1-3H3;1H. The number of nitro groups is 1. The van der Waals surface area contributed by atoms with Gasteiger partial charge in [0.15, 0.2) is 0 Å². The van der Waals surface area contributed by atoms with Gasteiger partial charge in [0, 0.05) is 0 Å². The first-order chi connectivity index (χ1) is 6.91. The van der Waals surface area contributed by atoms with E-state index in [0.29, 0.717) is 5.69 Å². The van der Waals surface area contributed by atoms with Crippen LogP contribution in [0.4, 0.5) is 5.95 Å². The molecular weight excluding hydrogens is 236 g/mol. The molecule has 0 amide bonds. The monoisotopic (exact) mass is 250 g/mol. The van der Waals surface area contributed by atoms with E-state index in [0.717, 1.165) is 0 Å². The number of hydrogen-bond donors (Lipinski definition) is 1. The first-order valence-corrected chi connectivity index (χ1v) is 4.44. The molecule has 1 heterocycles. The lowest BCUT2D eigenvalue weighted by molar-refractivity contribution is -0.397. The molecular formula is C8H15ClN4O3. The largest absolute Gasteiger partial charge is 0.434 e. The van der Waals surface area contributed by atoms with Gasteiger partial charge in [0.2, 0.25) is 0 Å². The Kier molecular flexibility index (Phi) is 5.36. The Morgan fingerprint density at radius 2 is 2.25 bits per heavy atom. The maximum absolute atomic E-state index is 10.6. The highest BCUT2D eigenvalue weighted by Crippen LogP contribution is 2.12. The van der Waals surface area contributed by atoms with Crippen LogP contribution in [0, 0.1) is 17.0 Å². The van der Waals surface area contributed by atoms with Crippen LogP contribution in [-0.4, -0.2) is 44.8 Å². The summed E-state index contributed by atoms with van der Waals surface area (Å²) in [6, 6.07) is 0. The van der Waals surface area contributed by atoms with E-state index < -0.39 is 11.2 Å². The van der Waals surface area contributed by atoms with Gasteiger partial charge in [-0.1, -0.05) is 4.98 Å². The average Bonchev–Trinajstić information content (AvgIpc) is 2.46. The van der Waals surface area contributed by atoms with Crippen molar-refractivity contribution in [2.75, 3.05) is 14.1 Å². The Bertz CT molecular complexity index is 366. The quantitative estimate of drug-likeness (QED) is 0.475. The van der Waals surface area contributed by atoms with E-state index in [-0.39, 0.29) is 24.9 Å². The number of aromatic nitrogens is 2. The minimum absolute atomic E-state index is 0. The lowest BCUT2D eigenvalue weighted by atomic mass is 10.5.